The Morgan fingerprint density at radius 2 is 2.04 bits per heavy atom. The fourth-order valence-electron chi connectivity index (χ4n) is 2.50. The Labute approximate surface area is 150 Å². The Bertz CT molecular complexity index is 1020. The molecule has 2 N–H and O–H groups in total. The van der Waals surface area contributed by atoms with Crippen LogP contribution in [0.5, 0.6) is 0 Å². The number of hydrogen-bond acceptors (Lipinski definition) is 7. The first-order valence-electron chi connectivity index (χ1n) is 7.66. The first-order chi connectivity index (χ1) is 11.8. The fourth-order valence-corrected chi connectivity index (χ4v) is 4.05. The standard InChI is InChI=1S/C16H19N5O2S2/c1-10-11(2)24-16-13(10)15(21(3)7-8-25(17,22)23)19-14(20-16)12-5-4-6-18-9-12/h4-6,9H,7-8H2,1-3H3,(H2,17,22,23). The van der Waals surface area contributed by atoms with Crippen molar-refractivity contribution in [3.05, 3.63) is 35.0 Å². The lowest BCUT2D eigenvalue weighted by Crippen LogP contribution is -2.29. The van der Waals surface area contributed by atoms with Crippen LogP contribution in [-0.4, -0.2) is 42.7 Å². The molecule has 0 bridgehead atoms. The summed E-state index contributed by atoms with van der Waals surface area (Å²) in [4.78, 5) is 17.3. The summed E-state index contributed by atoms with van der Waals surface area (Å²) in [6.07, 6.45) is 3.41. The molecule has 0 aromatic carbocycles. The lowest BCUT2D eigenvalue weighted by Gasteiger charge is -2.19. The summed E-state index contributed by atoms with van der Waals surface area (Å²) in [7, 11) is -1.73. The van der Waals surface area contributed by atoms with Crippen molar-refractivity contribution in [2.24, 2.45) is 5.14 Å². The van der Waals surface area contributed by atoms with Gasteiger partial charge in [0.25, 0.3) is 0 Å². The van der Waals surface area contributed by atoms with E-state index in [9.17, 15) is 8.42 Å². The second-order valence-corrected chi connectivity index (χ2v) is 8.80. The molecule has 0 atom stereocenters. The van der Waals surface area contributed by atoms with Crippen LogP contribution < -0.4 is 10.0 Å². The van der Waals surface area contributed by atoms with E-state index in [0.717, 1.165) is 26.2 Å². The minimum atomic E-state index is -3.54. The highest BCUT2D eigenvalue weighted by atomic mass is 32.2. The third-order valence-electron chi connectivity index (χ3n) is 4.00. The Morgan fingerprint density at radius 3 is 2.68 bits per heavy atom. The van der Waals surface area contributed by atoms with E-state index in [1.165, 1.54) is 0 Å². The molecule has 0 radical (unpaired) electrons. The Hall–Kier alpha value is -2.10. The number of thiophene rings is 1. The van der Waals surface area contributed by atoms with E-state index in [1.54, 1.807) is 23.7 Å². The van der Waals surface area contributed by atoms with Crippen LogP contribution in [0.4, 0.5) is 5.82 Å². The summed E-state index contributed by atoms with van der Waals surface area (Å²) in [5.74, 6) is 1.13. The predicted molar refractivity (Wildman–Crippen MR) is 101 cm³/mol. The molecule has 0 aliphatic heterocycles. The van der Waals surface area contributed by atoms with Gasteiger partial charge in [-0.05, 0) is 31.5 Å². The highest BCUT2D eigenvalue weighted by Gasteiger charge is 2.19. The molecule has 0 spiro atoms. The Kier molecular flexibility index (Phi) is 4.72. The summed E-state index contributed by atoms with van der Waals surface area (Å²) >= 11 is 1.60. The van der Waals surface area contributed by atoms with Gasteiger partial charge in [-0.3, -0.25) is 4.98 Å². The molecule has 0 saturated heterocycles. The monoisotopic (exact) mass is 377 g/mol. The zero-order chi connectivity index (χ0) is 18.2. The molecule has 0 unspecified atom stereocenters. The summed E-state index contributed by atoms with van der Waals surface area (Å²) in [6, 6.07) is 3.73. The zero-order valence-electron chi connectivity index (χ0n) is 14.2. The molecule has 0 aliphatic carbocycles. The van der Waals surface area contributed by atoms with E-state index in [2.05, 4.69) is 9.97 Å². The third-order valence-corrected chi connectivity index (χ3v) is 5.85. The lowest BCUT2D eigenvalue weighted by atomic mass is 10.2. The van der Waals surface area contributed by atoms with Crippen molar-refractivity contribution in [3.63, 3.8) is 0 Å². The van der Waals surface area contributed by atoms with Gasteiger partial charge in [-0.25, -0.2) is 23.5 Å². The Morgan fingerprint density at radius 1 is 1.28 bits per heavy atom. The first-order valence-corrected chi connectivity index (χ1v) is 10.2. The van der Waals surface area contributed by atoms with Crippen LogP contribution in [0.3, 0.4) is 0 Å². The molecule has 3 aromatic rings. The van der Waals surface area contributed by atoms with Crippen molar-refractivity contribution in [2.45, 2.75) is 13.8 Å². The minimum absolute atomic E-state index is 0.139. The van der Waals surface area contributed by atoms with Crippen LogP contribution >= 0.6 is 11.3 Å². The molecule has 132 valence electrons. The molecule has 0 amide bonds. The second-order valence-electron chi connectivity index (χ2n) is 5.86. The number of hydrogen-bond donors (Lipinski definition) is 1. The van der Waals surface area contributed by atoms with Gasteiger partial charge in [0.05, 0.1) is 11.1 Å². The second kappa shape index (κ2) is 6.66. The highest BCUT2D eigenvalue weighted by molar-refractivity contribution is 7.89. The van der Waals surface area contributed by atoms with Gasteiger partial charge in [-0.2, -0.15) is 0 Å². The average Bonchev–Trinajstić information content (AvgIpc) is 2.86. The van der Waals surface area contributed by atoms with Gasteiger partial charge in [-0.1, -0.05) is 0 Å². The number of fused-ring (bicyclic) bond motifs is 1. The molecular formula is C16H19N5O2S2. The normalized spacial score (nSPS) is 11.8. The molecule has 0 saturated carbocycles. The van der Waals surface area contributed by atoms with Gasteiger partial charge in [0.1, 0.15) is 10.6 Å². The van der Waals surface area contributed by atoms with Gasteiger partial charge in [0.15, 0.2) is 5.82 Å². The molecule has 7 nitrogen and oxygen atoms in total. The third kappa shape index (κ3) is 3.78. The minimum Gasteiger partial charge on any atom is -0.358 e. The number of aromatic nitrogens is 3. The maximum atomic E-state index is 11.3. The summed E-state index contributed by atoms with van der Waals surface area (Å²) in [5, 5.41) is 6.09. The highest BCUT2D eigenvalue weighted by Crippen LogP contribution is 2.36. The average molecular weight is 377 g/mol. The summed E-state index contributed by atoms with van der Waals surface area (Å²) in [5.41, 5.74) is 1.92. The van der Waals surface area contributed by atoms with Crippen LogP contribution in [0.2, 0.25) is 0 Å². The van der Waals surface area contributed by atoms with Gasteiger partial charge in [0, 0.05) is 36.4 Å². The molecule has 0 fully saturated rings. The number of rotatable bonds is 5. The number of aryl methyl sites for hydroxylation is 2. The van der Waals surface area contributed by atoms with E-state index < -0.39 is 10.0 Å². The van der Waals surface area contributed by atoms with Gasteiger partial charge in [-0.15, -0.1) is 11.3 Å². The van der Waals surface area contributed by atoms with Crippen molar-refractivity contribution in [1.29, 1.82) is 0 Å². The number of sulfonamides is 1. The number of nitrogens with two attached hydrogens (primary N) is 1. The topological polar surface area (TPSA) is 102 Å². The van der Waals surface area contributed by atoms with E-state index in [0.29, 0.717) is 11.6 Å². The SMILES string of the molecule is Cc1sc2nc(-c3cccnc3)nc(N(C)CCS(N)(=O)=O)c2c1C. The smallest absolute Gasteiger partial charge is 0.210 e. The molecule has 0 aliphatic rings. The molecule has 9 heteroatoms. The lowest BCUT2D eigenvalue weighted by molar-refractivity contribution is 0.597. The van der Waals surface area contributed by atoms with Crippen LogP contribution in [0.25, 0.3) is 21.6 Å². The molecule has 3 heterocycles. The summed E-state index contributed by atoms with van der Waals surface area (Å²) < 4.78 is 22.6. The number of primary sulfonamides is 1. The summed E-state index contributed by atoms with van der Waals surface area (Å²) in [6.45, 7) is 4.32. The maximum absolute atomic E-state index is 11.3. The fraction of sp³-hybridized carbons (Fsp3) is 0.312. The van der Waals surface area contributed by atoms with E-state index in [-0.39, 0.29) is 12.3 Å². The quantitative estimate of drug-likeness (QED) is 0.730. The largest absolute Gasteiger partial charge is 0.358 e. The van der Waals surface area contributed by atoms with Crippen molar-refractivity contribution < 1.29 is 8.42 Å². The molecular weight excluding hydrogens is 358 g/mol. The predicted octanol–water partition coefficient (Wildman–Crippen LogP) is 2.09. The van der Waals surface area contributed by atoms with Crippen LogP contribution in [0.1, 0.15) is 10.4 Å². The molecule has 25 heavy (non-hydrogen) atoms. The van der Waals surface area contributed by atoms with Crippen molar-refractivity contribution in [3.8, 4) is 11.4 Å². The van der Waals surface area contributed by atoms with Crippen molar-refractivity contribution >= 4 is 37.4 Å². The zero-order valence-corrected chi connectivity index (χ0v) is 15.9. The van der Waals surface area contributed by atoms with E-state index >= 15 is 0 Å². The number of pyridine rings is 1. The number of anilines is 1. The maximum Gasteiger partial charge on any atom is 0.210 e. The first kappa shape index (κ1) is 17.7. The van der Waals surface area contributed by atoms with Gasteiger partial charge < -0.3 is 4.90 Å². The molecule has 3 rings (SSSR count). The van der Waals surface area contributed by atoms with Crippen LogP contribution in [-0.2, 0) is 10.0 Å². The van der Waals surface area contributed by atoms with Crippen LogP contribution in [0, 0.1) is 13.8 Å². The van der Waals surface area contributed by atoms with E-state index in [1.807, 2.05) is 37.9 Å². The Balaban J connectivity index is 2.14. The van der Waals surface area contributed by atoms with Gasteiger partial charge >= 0.3 is 0 Å². The van der Waals surface area contributed by atoms with Crippen molar-refractivity contribution in [1.82, 2.24) is 15.0 Å². The molecule has 3 aromatic heterocycles. The van der Waals surface area contributed by atoms with E-state index in [4.69, 9.17) is 10.1 Å². The number of nitrogens with zero attached hydrogens (tertiary/aromatic N) is 4. The van der Waals surface area contributed by atoms with Crippen molar-refractivity contribution in [2.75, 3.05) is 24.2 Å². The van der Waals surface area contributed by atoms with Gasteiger partial charge in [0.2, 0.25) is 10.0 Å². The van der Waals surface area contributed by atoms with Crippen LogP contribution in [0.15, 0.2) is 24.5 Å².